The largest absolute Gasteiger partial charge is 0.478 e. The van der Waals surface area contributed by atoms with E-state index in [1.54, 1.807) is 32.9 Å². The van der Waals surface area contributed by atoms with Gasteiger partial charge in [0.05, 0.1) is 5.56 Å². The quantitative estimate of drug-likeness (QED) is 0.736. The van der Waals surface area contributed by atoms with E-state index in [-0.39, 0.29) is 12.1 Å². The van der Waals surface area contributed by atoms with Crippen LogP contribution in [0.15, 0.2) is 42.5 Å². The Balaban J connectivity index is 2.30. The molecule has 2 aromatic rings. The van der Waals surface area contributed by atoms with Crippen molar-refractivity contribution in [2.75, 3.05) is 5.73 Å². The number of nitrogen functional groups attached to an aromatic ring is 1. The molecule has 4 N–H and O–H groups in total. The van der Waals surface area contributed by atoms with E-state index >= 15 is 0 Å². The number of benzene rings is 2. The highest BCUT2D eigenvalue weighted by atomic mass is 16.6. The SMILES string of the molecule is CC(C)(C)OC(=O)NCc1ccccc1-c1ccc(N)cc1C(=O)O. The van der Waals surface area contributed by atoms with Gasteiger partial charge in [0.1, 0.15) is 5.60 Å². The van der Waals surface area contributed by atoms with Crippen LogP contribution in [0.2, 0.25) is 0 Å². The van der Waals surface area contributed by atoms with Crippen LogP contribution in [-0.4, -0.2) is 22.8 Å². The summed E-state index contributed by atoms with van der Waals surface area (Å²) in [7, 11) is 0. The molecule has 25 heavy (non-hydrogen) atoms. The smallest absolute Gasteiger partial charge is 0.407 e. The number of anilines is 1. The molecule has 0 saturated heterocycles. The van der Waals surface area contributed by atoms with E-state index in [4.69, 9.17) is 10.5 Å². The van der Waals surface area contributed by atoms with Crippen molar-refractivity contribution in [3.05, 3.63) is 53.6 Å². The topological polar surface area (TPSA) is 102 Å². The fraction of sp³-hybridized carbons (Fsp3) is 0.263. The number of ether oxygens (including phenoxy) is 1. The van der Waals surface area contributed by atoms with Crippen molar-refractivity contribution >= 4 is 17.7 Å². The Hall–Kier alpha value is -3.02. The third-order valence-electron chi connectivity index (χ3n) is 3.40. The number of carboxylic acid groups (broad SMARTS) is 1. The second-order valence-electron chi connectivity index (χ2n) is 6.62. The van der Waals surface area contributed by atoms with Gasteiger partial charge in [0, 0.05) is 12.2 Å². The first-order valence-corrected chi connectivity index (χ1v) is 7.85. The van der Waals surface area contributed by atoms with E-state index in [1.807, 2.05) is 24.3 Å². The van der Waals surface area contributed by atoms with Gasteiger partial charge in [-0.05, 0) is 49.6 Å². The molecule has 2 rings (SSSR count). The van der Waals surface area contributed by atoms with Gasteiger partial charge >= 0.3 is 12.1 Å². The number of nitrogens with two attached hydrogens (primary N) is 1. The van der Waals surface area contributed by atoms with Crippen molar-refractivity contribution < 1.29 is 19.4 Å². The van der Waals surface area contributed by atoms with Crippen molar-refractivity contribution in [1.82, 2.24) is 5.32 Å². The molecule has 0 spiro atoms. The second-order valence-corrected chi connectivity index (χ2v) is 6.62. The molecule has 6 nitrogen and oxygen atoms in total. The number of hydrogen-bond acceptors (Lipinski definition) is 4. The van der Waals surface area contributed by atoms with Crippen molar-refractivity contribution in [2.45, 2.75) is 32.9 Å². The first-order chi connectivity index (χ1) is 11.7. The lowest BCUT2D eigenvalue weighted by Gasteiger charge is -2.20. The Kier molecular flexibility index (Phi) is 5.32. The molecule has 1 amide bonds. The van der Waals surface area contributed by atoms with Crippen molar-refractivity contribution in [3.8, 4) is 11.1 Å². The van der Waals surface area contributed by atoms with Crippen molar-refractivity contribution in [2.24, 2.45) is 0 Å². The maximum absolute atomic E-state index is 11.9. The fourth-order valence-electron chi connectivity index (χ4n) is 2.39. The minimum atomic E-state index is -1.06. The normalized spacial score (nSPS) is 11.0. The summed E-state index contributed by atoms with van der Waals surface area (Å²) in [6, 6.07) is 12.0. The van der Waals surface area contributed by atoms with E-state index in [0.717, 1.165) is 11.1 Å². The van der Waals surface area contributed by atoms with Crippen LogP contribution in [-0.2, 0) is 11.3 Å². The molecule has 0 unspecified atom stereocenters. The number of amides is 1. The van der Waals surface area contributed by atoms with Gasteiger partial charge in [-0.25, -0.2) is 9.59 Å². The molecular weight excluding hydrogens is 320 g/mol. The van der Waals surface area contributed by atoms with Gasteiger partial charge < -0.3 is 20.9 Å². The van der Waals surface area contributed by atoms with Crippen molar-refractivity contribution in [1.29, 1.82) is 0 Å². The summed E-state index contributed by atoms with van der Waals surface area (Å²) in [4.78, 5) is 23.4. The van der Waals surface area contributed by atoms with Gasteiger partial charge in [-0.15, -0.1) is 0 Å². The van der Waals surface area contributed by atoms with E-state index in [9.17, 15) is 14.7 Å². The highest BCUT2D eigenvalue weighted by Crippen LogP contribution is 2.29. The van der Waals surface area contributed by atoms with Crippen LogP contribution in [0.3, 0.4) is 0 Å². The molecule has 0 aliphatic carbocycles. The summed E-state index contributed by atoms with van der Waals surface area (Å²) >= 11 is 0. The maximum atomic E-state index is 11.9. The van der Waals surface area contributed by atoms with Gasteiger partial charge in [-0.1, -0.05) is 30.3 Å². The molecule has 0 aliphatic heterocycles. The molecule has 0 radical (unpaired) electrons. The highest BCUT2D eigenvalue weighted by Gasteiger charge is 2.18. The molecule has 0 saturated carbocycles. The zero-order chi connectivity index (χ0) is 18.6. The Bertz CT molecular complexity index is 794. The van der Waals surface area contributed by atoms with Crippen LogP contribution in [0.1, 0.15) is 36.7 Å². The maximum Gasteiger partial charge on any atom is 0.407 e. The van der Waals surface area contributed by atoms with Crippen LogP contribution < -0.4 is 11.1 Å². The summed E-state index contributed by atoms with van der Waals surface area (Å²) < 4.78 is 5.22. The number of carbonyl (C=O) groups is 2. The average Bonchev–Trinajstić information content (AvgIpc) is 2.51. The zero-order valence-corrected chi connectivity index (χ0v) is 14.5. The van der Waals surface area contributed by atoms with E-state index in [1.165, 1.54) is 6.07 Å². The Morgan fingerprint density at radius 1 is 1.12 bits per heavy atom. The number of aromatic carboxylic acids is 1. The third-order valence-corrected chi connectivity index (χ3v) is 3.40. The number of rotatable bonds is 4. The number of hydrogen-bond donors (Lipinski definition) is 3. The lowest BCUT2D eigenvalue weighted by Crippen LogP contribution is -2.32. The summed E-state index contributed by atoms with van der Waals surface area (Å²) in [6.07, 6.45) is -0.530. The fourth-order valence-corrected chi connectivity index (χ4v) is 2.39. The van der Waals surface area contributed by atoms with E-state index < -0.39 is 17.7 Å². The minimum Gasteiger partial charge on any atom is -0.478 e. The monoisotopic (exact) mass is 342 g/mol. The van der Waals surface area contributed by atoms with E-state index in [0.29, 0.717) is 11.3 Å². The van der Waals surface area contributed by atoms with Gasteiger partial charge in [0.15, 0.2) is 0 Å². The summed E-state index contributed by atoms with van der Waals surface area (Å²) in [5.74, 6) is -1.06. The first kappa shape index (κ1) is 18.3. The predicted molar refractivity (Wildman–Crippen MR) is 96.3 cm³/mol. The van der Waals surface area contributed by atoms with Crippen LogP contribution in [0.4, 0.5) is 10.5 Å². The van der Waals surface area contributed by atoms with Gasteiger partial charge in [-0.3, -0.25) is 0 Å². The third kappa shape index (κ3) is 4.97. The number of nitrogens with one attached hydrogen (secondary N) is 1. The molecule has 0 atom stereocenters. The Morgan fingerprint density at radius 3 is 2.44 bits per heavy atom. The molecule has 0 bridgehead atoms. The van der Waals surface area contributed by atoms with Crippen LogP contribution in [0.5, 0.6) is 0 Å². The second kappa shape index (κ2) is 7.25. The lowest BCUT2D eigenvalue weighted by atomic mass is 9.95. The molecule has 0 fully saturated rings. The number of carboxylic acids is 1. The molecular formula is C19H22N2O4. The molecule has 6 heteroatoms. The van der Waals surface area contributed by atoms with Gasteiger partial charge in [-0.2, -0.15) is 0 Å². The molecule has 2 aromatic carbocycles. The van der Waals surface area contributed by atoms with Gasteiger partial charge in [0.25, 0.3) is 0 Å². The summed E-state index contributed by atoms with van der Waals surface area (Å²) in [6.45, 7) is 5.57. The van der Waals surface area contributed by atoms with Gasteiger partial charge in [0.2, 0.25) is 0 Å². The van der Waals surface area contributed by atoms with Crippen LogP contribution in [0, 0.1) is 0 Å². The molecule has 0 aliphatic rings. The minimum absolute atomic E-state index is 0.115. The van der Waals surface area contributed by atoms with Crippen LogP contribution >= 0.6 is 0 Å². The summed E-state index contributed by atoms with van der Waals surface area (Å²) in [5, 5.41) is 12.1. The number of carbonyl (C=O) groups excluding carboxylic acids is 1. The predicted octanol–water partition coefficient (Wildman–Crippen LogP) is 3.66. The lowest BCUT2D eigenvalue weighted by molar-refractivity contribution is 0.0523. The molecule has 0 aromatic heterocycles. The number of alkyl carbamates (subject to hydrolysis) is 1. The highest BCUT2D eigenvalue weighted by molar-refractivity contribution is 5.97. The molecule has 0 heterocycles. The summed E-state index contributed by atoms with van der Waals surface area (Å²) in [5.41, 5.74) is 7.65. The molecule has 132 valence electrons. The first-order valence-electron chi connectivity index (χ1n) is 7.85. The van der Waals surface area contributed by atoms with Crippen molar-refractivity contribution in [3.63, 3.8) is 0 Å². The Morgan fingerprint density at radius 2 is 1.80 bits per heavy atom. The average molecular weight is 342 g/mol. The standard InChI is InChI=1S/C19H22N2O4/c1-19(2,3)25-18(24)21-11-12-6-4-5-7-14(12)15-9-8-13(20)10-16(15)17(22)23/h4-10H,11,20H2,1-3H3,(H,21,24)(H,22,23). The van der Waals surface area contributed by atoms with E-state index in [2.05, 4.69) is 5.32 Å². The van der Waals surface area contributed by atoms with Crippen LogP contribution in [0.25, 0.3) is 11.1 Å². The zero-order valence-electron chi connectivity index (χ0n) is 14.5. The Labute approximate surface area is 146 Å².